The Kier molecular flexibility index (Phi) is 2.96. The first-order valence-corrected chi connectivity index (χ1v) is 6.65. The van der Waals surface area contributed by atoms with Gasteiger partial charge in [-0.05, 0) is 26.0 Å². The first-order chi connectivity index (χ1) is 9.63. The lowest BCUT2D eigenvalue weighted by Gasteiger charge is -2.09. The Morgan fingerprint density at radius 2 is 1.80 bits per heavy atom. The van der Waals surface area contributed by atoms with Crippen molar-refractivity contribution < 1.29 is 0 Å². The Hall–Kier alpha value is -2.31. The van der Waals surface area contributed by atoms with E-state index in [4.69, 9.17) is 11.6 Å². The second-order valence-electron chi connectivity index (χ2n) is 4.69. The topological polar surface area (TPSA) is 41.6 Å². The highest BCUT2D eigenvalue weighted by Gasteiger charge is 2.13. The molecule has 0 atom stereocenters. The lowest BCUT2D eigenvalue weighted by atomic mass is 10.0. The molecule has 0 N–H and O–H groups in total. The van der Waals surface area contributed by atoms with E-state index < -0.39 is 0 Å². The van der Waals surface area contributed by atoms with E-state index in [0.29, 0.717) is 10.6 Å². The van der Waals surface area contributed by atoms with Crippen molar-refractivity contribution in [1.82, 2.24) is 9.78 Å². The molecule has 3 nitrogen and oxygen atoms in total. The van der Waals surface area contributed by atoms with Crippen molar-refractivity contribution in [2.24, 2.45) is 0 Å². The van der Waals surface area contributed by atoms with Crippen molar-refractivity contribution in [3.05, 3.63) is 58.4 Å². The minimum atomic E-state index is 0.664. The van der Waals surface area contributed by atoms with Crippen molar-refractivity contribution in [1.29, 1.82) is 5.26 Å². The fraction of sp³-hybridized carbons (Fsp3) is 0.125. The molecule has 0 saturated carbocycles. The summed E-state index contributed by atoms with van der Waals surface area (Å²) in [5.41, 5.74) is 3.31. The summed E-state index contributed by atoms with van der Waals surface area (Å²) in [6.45, 7) is 3.83. The molecule has 0 fully saturated rings. The van der Waals surface area contributed by atoms with E-state index in [9.17, 15) is 5.26 Å². The van der Waals surface area contributed by atoms with E-state index >= 15 is 0 Å². The summed E-state index contributed by atoms with van der Waals surface area (Å²) in [6, 6.07) is 13.8. The molecule has 1 heterocycles. The van der Waals surface area contributed by atoms with Crippen LogP contribution in [0.1, 0.15) is 17.0 Å². The fourth-order valence-electron chi connectivity index (χ4n) is 2.42. The van der Waals surface area contributed by atoms with Crippen molar-refractivity contribution in [3.8, 4) is 11.8 Å². The maximum Gasteiger partial charge on any atom is 0.0998 e. The van der Waals surface area contributed by atoms with Crippen LogP contribution in [0.2, 0.25) is 5.02 Å². The summed E-state index contributed by atoms with van der Waals surface area (Å²) in [7, 11) is 0. The average Bonchev–Trinajstić information content (AvgIpc) is 2.73. The predicted octanol–water partition coefficient (Wildman–Crippen LogP) is 4.17. The molecule has 3 rings (SSSR count). The van der Waals surface area contributed by atoms with E-state index in [0.717, 1.165) is 27.8 Å². The van der Waals surface area contributed by atoms with Crippen LogP contribution in [-0.4, -0.2) is 9.78 Å². The van der Waals surface area contributed by atoms with Gasteiger partial charge in [-0.2, -0.15) is 10.4 Å². The van der Waals surface area contributed by atoms with Crippen LogP contribution in [0.5, 0.6) is 0 Å². The summed E-state index contributed by atoms with van der Waals surface area (Å²) in [6.07, 6.45) is 0. The van der Waals surface area contributed by atoms with Gasteiger partial charge in [-0.3, -0.25) is 0 Å². The van der Waals surface area contributed by atoms with E-state index in [2.05, 4.69) is 11.2 Å². The molecule has 3 aromatic rings. The number of nitrogens with zero attached hydrogens (tertiary/aromatic N) is 3. The Labute approximate surface area is 122 Å². The van der Waals surface area contributed by atoms with Gasteiger partial charge >= 0.3 is 0 Å². The van der Waals surface area contributed by atoms with Gasteiger partial charge in [0.15, 0.2) is 0 Å². The summed E-state index contributed by atoms with van der Waals surface area (Å²) in [4.78, 5) is 0. The van der Waals surface area contributed by atoms with Gasteiger partial charge in [0.1, 0.15) is 0 Å². The van der Waals surface area contributed by atoms with Crippen LogP contribution >= 0.6 is 11.6 Å². The molecule has 4 heteroatoms. The molecule has 0 spiro atoms. The molecule has 0 bridgehead atoms. The lowest BCUT2D eigenvalue weighted by Crippen LogP contribution is -2.00. The minimum absolute atomic E-state index is 0.664. The minimum Gasteiger partial charge on any atom is -0.236 e. The molecule has 0 saturated heterocycles. The van der Waals surface area contributed by atoms with Gasteiger partial charge in [-0.25, -0.2) is 4.68 Å². The number of nitriles is 1. The Bertz CT molecular complexity index is 856. The Balaban J connectivity index is 2.38. The normalized spacial score (nSPS) is 10.7. The average molecular weight is 282 g/mol. The molecule has 0 radical (unpaired) electrons. The van der Waals surface area contributed by atoms with Gasteiger partial charge in [0.2, 0.25) is 0 Å². The van der Waals surface area contributed by atoms with Gasteiger partial charge in [0, 0.05) is 10.8 Å². The molecule has 1 aromatic heterocycles. The van der Waals surface area contributed by atoms with Crippen LogP contribution in [0, 0.1) is 25.2 Å². The number of fused-ring (bicyclic) bond motifs is 1. The maximum absolute atomic E-state index is 9.21. The number of aryl methyl sites for hydroxylation is 1. The molecule has 98 valence electrons. The fourth-order valence-corrected chi connectivity index (χ4v) is 2.54. The van der Waals surface area contributed by atoms with Gasteiger partial charge in [-0.15, -0.1) is 0 Å². The summed E-state index contributed by atoms with van der Waals surface area (Å²) in [5.74, 6) is 0. The SMILES string of the molecule is Cc1nn(-c2ccc(C#N)c3ccccc23)c(C)c1Cl. The highest BCUT2D eigenvalue weighted by Crippen LogP contribution is 2.28. The summed E-state index contributed by atoms with van der Waals surface area (Å²) in [5, 5.41) is 16.3. The number of hydrogen-bond acceptors (Lipinski definition) is 2. The van der Waals surface area contributed by atoms with Gasteiger partial charge in [0.25, 0.3) is 0 Å². The number of benzene rings is 2. The Morgan fingerprint density at radius 3 is 2.40 bits per heavy atom. The smallest absolute Gasteiger partial charge is 0.0998 e. The third-order valence-electron chi connectivity index (χ3n) is 3.45. The molecule has 0 aliphatic heterocycles. The van der Waals surface area contributed by atoms with E-state index in [-0.39, 0.29) is 0 Å². The number of aromatic nitrogens is 2. The zero-order chi connectivity index (χ0) is 14.3. The number of rotatable bonds is 1. The zero-order valence-electron chi connectivity index (χ0n) is 11.2. The van der Waals surface area contributed by atoms with Crippen LogP contribution in [0.4, 0.5) is 0 Å². The van der Waals surface area contributed by atoms with E-state index in [1.165, 1.54) is 0 Å². The highest BCUT2D eigenvalue weighted by atomic mass is 35.5. The van der Waals surface area contributed by atoms with Crippen molar-refractivity contribution in [3.63, 3.8) is 0 Å². The van der Waals surface area contributed by atoms with Crippen molar-refractivity contribution in [2.45, 2.75) is 13.8 Å². The van der Waals surface area contributed by atoms with Crippen LogP contribution in [-0.2, 0) is 0 Å². The monoisotopic (exact) mass is 281 g/mol. The van der Waals surface area contributed by atoms with Crippen molar-refractivity contribution >= 4 is 22.4 Å². The molecular weight excluding hydrogens is 270 g/mol. The summed E-state index contributed by atoms with van der Waals surface area (Å²) < 4.78 is 1.83. The molecule has 0 aliphatic rings. The maximum atomic E-state index is 9.21. The van der Waals surface area contributed by atoms with Gasteiger partial charge in [-0.1, -0.05) is 35.9 Å². The van der Waals surface area contributed by atoms with Crippen molar-refractivity contribution in [2.75, 3.05) is 0 Å². The van der Waals surface area contributed by atoms with Crippen LogP contribution in [0.15, 0.2) is 36.4 Å². The second-order valence-corrected chi connectivity index (χ2v) is 5.06. The van der Waals surface area contributed by atoms with Gasteiger partial charge in [0.05, 0.1) is 33.7 Å². The lowest BCUT2D eigenvalue weighted by molar-refractivity contribution is 0.839. The summed E-state index contributed by atoms with van der Waals surface area (Å²) >= 11 is 6.22. The predicted molar refractivity (Wildman–Crippen MR) is 80.3 cm³/mol. The molecule has 2 aromatic carbocycles. The third-order valence-corrected chi connectivity index (χ3v) is 4.00. The molecule has 20 heavy (non-hydrogen) atoms. The third kappa shape index (κ3) is 1.77. The molecule has 0 aliphatic carbocycles. The zero-order valence-corrected chi connectivity index (χ0v) is 11.9. The largest absolute Gasteiger partial charge is 0.236 e. The second kappa shape index (κ2) is 4.66. The molecule has 0 unspecified atom stereocenters. The van der Waals surface area contributed by atoms with Crippen LogP contribution in [0.3, 0.4) is 0 Å². The molecule has 0 amide bonds. The molecular formula is C16H12ClN3. The highest BCUT2D eigenvalue weighted by molar-refractivity contribution is 6.31. The van der Waals surface area contributed by atoms with E-state index in [1.54, 1.807) is 0 Å². The van der Waals surface area contributed by atoms with E-state index in [1.807, 2.05) is 54.9 Å². The van der Waals surface area contributed by atoms with Crippen LogP contribution in [0.25, 0.3) is 16.5 Å². The first kappa shape index (κ1) is 12.7. The first-order valence-electron chi connectivity index (χ1n) is 6.27. The standard InChI is InChI=1S/C16H12ClN3/c1-10-16(17)11(2)20(19-10)15-8-7-12(9-18)13-5-3-4-6-14(13)15/h3-8H,1-2H3. The Morgan fingerprint density at radius 1 is 1.10 bits per heavy atom. The number of hydrogen-bond donors (Lipinski definition) is 0. The van der Waals surface area contributed by atoms with Crippen LogP contribution < -0.4 is 0 Å². The van der Waals surface area contributed by atoms with Gasteiger partial charge < -0.3 is 0 Å². The quantitative estimate of drug-likeness (QED) is 0.672. The number of halogens is 1.